The van der Waals surface area contributed by atoms with Crippen molar-refractivity contribution in [3.05, 3.63) is 70.5 Å². The van der Waals surface area contributed by atoms with E-state index in [0.29, 0.717) is 18.3 Å². The molecule has 1 aliphatic carbocycles. The van der Waals surface area contributed by atoms with Crippen LogP contribution in [0.4, 0.5) is 0 Å². The number of nitrogens with one attached hydrogen (secondary N) is 1. The summed E-state index contributed by atoms with van der Waals surface area (Å²) >= 11 is 0. The number of hydrogen-bond donors (Lipinski definition) is 1. The molecule has 3 aromatic heterocycles. The minimum Gasteiger partial charge on any atom is -0.296 e. The van der Waals surface area contributed by atoms with E-state index in [4.69, 9.17) is 4.98 Å². The number of pyridine rings is 1. The van der Waals surface area contributed by atoms with E-state index in [0.717, 1.165) is 53.8 Å². The number of benzene rings is 1. The van der Waals surface area contributed by atoms with Gasteiger partial charge in [0.05, 0.1) is 12.2 Å². The second-order valence-electron chi connectivity index (χ2n) is 11.7. The molecule has 2 atom stereocenters. The Morgan fingerprint density at radius 3 is 2.53 bits per heavy atom. The van der Waals surface area contributed by atoms with Gasteiger partial charge in [-0.2, -0.15) is 5.21 Å². The number of hydrogen-bond acceptors (Lipinski definition) is 5. The molecule has 0 aliphatic heterocycles. The van der Waals surface area contributed by atoms with Crippen LogP contribution in [-0.4, -0.2) is 34.7 Å². The third-order valence-electron chi connectivity index (χ3n) is 8.03. The molecular formula is C30H39N7O. The van der Waals surface area contributed by atoms with Crippen molar-refractivity contribution in [1.29, 1.82) is 0 Å². The fourth-order valence-electron chi connectivity index (χ4n) is 6.00. The average Bonchev–Trinajstić information content (AvgIpc) is 3.56. The molecule has 1 aliphatic rings. The Bertz CT molecular complexity index is 1390. The number of tetrazole rings is 1. The van der Waals surface area contributed by atoms with Gasteiger partial charge in [0.15, 0.2) is 0 Å². The predicted octanol–water partition coefficient (Wildman–Crippen LogP) is 6.06. The van der Waals surface area contributed by atoms with Gasteiger partial charge in [-0.15, -0.1) is 10.2 Å². The summed E-state index contributed by atoms with van der Waals surface area (Å²) in [5, 5.41) is 14.5. The first kappa shape index (κ1) is 26.1. The zero-order valence-electron chi connectivity index (χ0n) is 23.0. The molecule has 38 heavy (non-hydrogen) atoms. The van der Waals surface area contributed by atoms with Crippen LogP contribution in [0.2, 0.25) is 0 Å². The summed E-state index contributed by atoms with van der Waals surface area (Å²) in [5.41, 5.74) is 5.08. The Morgan fingerprint density at radius 1 is 1.05 bits per heavy atom. The quantitative estimate of drug-likeness (QED) is 0.309. The van der Waals surface area contributed by atoms with E-state index in [1.807, 2.05) is 41.1 Å². The van der Waals surface area contributed by atoms with Crippen LogP contribution in [-0.2, 0) is 13.0 Å². The lowest BCUT2D eigenvalue weighted by Crippen LogP contribution is -2.38. The van der Waals surface area contributed by atoms with Gasteiger partial charge in [0, 0.05) is 35.3 Å². The summed E-state index contributed by atoms with van der Waals surface area (Å²) in [7, 11) is 0. The van der Waals surface area contributed by atoms with Crippen LogP contribution in [0.3, 0.4) is 0 Å². The molecule has 8 heteroatoms. The van der Waals surface area contributed by atoms with Crippen LogP contribution >= 0.6 is 0 Å². The number of imidazole rings is 1. The molecule has 0 radical (unpaired) electrons. The van der Waals surface area contributed by atoms with Gasteiger partial charge in [0.2, 0.25) is 5.82 Å². The van der Waals surface area contributed by atoms with Gasteiger partial charge in [0.25, 0.3) is 0 Å². The second kappa shape index (κ2) is 11.1. The van der Waals surface area contributed by atoms with Crippen molar-refractivity contribution >= 4 is 0 Å². The largest absolute Gasteiger partial charge is 0.328 e. The first-order valence-electron chi connectivity index (χ1n) is 14.0. The van der Waals surface area contributed by atoms with Crippen molar-refractivity contribution < 1.29 is 0 Å². The third kappa shape index (κ3) is 5.35. The van der Waals surface area contributed by atoms with Crippen molar-refractivity contribution in [1.82, 2.24) is 34.7 Å². The zero-order valence-corrected chi connectivity index (χ0v) is 23.0. The van der Waals surface area contributed by atoms with Gasteiger partial charge < -0.3 is 0 Å². The van der Waals surface area contributed by atoms with Gasteiger partial charge in [0.1, 0.15) is 0 Å². The van der Waals surface area contributed by atoms with Crippen LogP contribution in [0.5, 0.6) is 0 Å². The lowest BCUT2D eigenvalue weighted by atomic mass is 9.69. The molecule has 1 N–H and O–H groups in total. The monoisotopic (exact) mass is 513 g/mol. The Hall–Kier alpha value is -3.55. The molecule has 0 saturated heterocycles. The first-order valence-corrected chi connectivity index (χ1v) is 14.0. The van der Waals surface area contributed by atoms with E-state index >= 15 is 0 Å². The number of H-pyrrole nitrogens is 1. The van der Waals surface area contributed by atoms with Crippen molar-refractivity contribution in [2.45, 2.75) is 85.2 Å². The molecule has 3 heterocycles. The van der Waals surface area contributed by atoms with Crippen LogP contribution in [0.15, 0.2) is 53.6 Å². The smallest absolute Gasteiger partial charge is 0.296 e. The molecule has 2 unspecified atom stereocenters. The van der Waals surface area contributed by atoms with Crippen molar-refractivity contribution in [2.75, 3.05) is 0 Å². The van der Waals surface area contributed by atoms with Gasteiger partial charge in [-0.05, 0) is 53.9 Å². The van der Waals surface area contributed by atoms with Gasteiger partial charge in [-0.3, -0.25) is 14.1 Å². The number of rotatable bonds is 8. The number of aryl methyl sites for hydroxylation is 1. The van der Waals surface area contributed by atoms with E-state index in [1.54, 1.807) is 0 Å². The highest BCUT2D eigenvalue weighted by Crippen LogP contribution is 2.44. The summed E-state index contributed by atoms with van der Waals surface area (Å²) in [5.74, 6) is 1.04. The van der Waals surface area contributed by atoms with Crippen LogP contribution in [0, 0.1) is 11.3 Å². The molecule has 5 rings (SSSR count). The Labute approximate surface area is 224 Å². The summed E-state index contributed by atoms with van der Waals surface area (Å²) < 4.78 is 4.05. The number of aromatic amines is 1. The highest BCUT2D eigenvalue weighted by atomic mass is 16.1. The predicted molar refractivity (Wildman–Crippen MR) is 150 cm³/mol. The number of aromatic nitrogens is 7. The van der Waals surface area contributed by atoms with Gasteiger partial charge >= 0.3 is 5.69 Å². The zero-order chi connectivity index (χ0) is 26.7. The summed E-state index contributed by atoms with van der Waals surface area (Å²) in [6.45, 7) is 9.68. The SMILES string of the molecule is CCCCc1cn(C2CCCCC2C(C)(C)C)c(=O)n1Cc1ccc(-c2ccccc2-c2nn[nH]n2)nc1. The van der Waals surface area contributed by atoms with E-state index in [9.17, 15) is 4.79 Å². The van der Waals surface area contributed by atoms with Crippen molar-refractivity contribution in [3.63, 3.8) is 0 Å². The fourth-order valence-corrected chi connectivity index (χ4v) is 6.00. The molecule has 0 spiro atoms. The number of nitrogens with zero attached hydrogens (tertiary/aromatic N) is 6. The van der Waals surface area contributed by atoms with Crippen LogP contribution < -0.4 is 5.69 Å². The summed E-state index contributed by atoms with van der Waals surface area (Å²) in [6.07, 6.45) is 11.8. The second-order valence-corrected chi connectivity index (χ2v) is 11.7. The van der Waals surface area contributed by atoms with Gasteiger partial charge in [-0.25, -0.2) is 4.79 Å². The Morgan fingerprint density at radius 2 is 1.84 bits per heavy atom. The minimum atomic E-state index is 0.115. The lowest BCUT2D eigenvalue weighted by Gasteiger charge is -2.40. The molecule has 8 nitrogen and oxygen atoms in total. The standard InChI is InChI=1S/C30H39N7O/c1-5-6-11-22-20-37(27-15-10-9-14-25(27)30(2,3)4)29(38)36(22)19-21-16-17-26(31-18-21)23-12-7-8-13-24(23)28-32-34-35-33-28/h7-8,12-13,16-18,20,25,27H,5-6,9-11,14-15,19H2,1-4H3,(H,32,33,34,35). The van der Waals surface area contributed by atoms with E-state index < -0.39 is 0 Å². The van der Waals surface area contributed by atoms with E-state index in [-0.39, 0.29) is 17.1 Å². The van der Waals surface area contributed by atoms with Crippen molar-refractivity contribution in [3.8, 4) is 22.6 Å². The van der Waals surface area contributed by atoms with E-state index in [1.165, 1.54) is 19.3 Å². The van der Waals surface area contributed by atoms with Gasteiger partial charge in [-0.1, -0.05) is 77.3 Å². The normalized spacial score (nSPS) is 18.1. The summed E-state index contributed by atoms with van der Waals surface area (Å²) in [6, 6.07) is 12.3. The molecule has 4 aromatic rings. The molecular weight excluding hydrogens is 474 g/mol. The number of unbranched alkanes of at least 4 members (excludes halogenated alkanes) is 1. The molecule has 1 saturated carbocycles. The third-order valence-corrected chi connectivity index (χ3v) is 8.03. The maximum atomic E-state index is 13.9. The molecule has 0 bridgehead atoms. The van der Waals surface area contributed by atoms with Crippen LogP contribution in [0.25, 0.3) is 22.6 Å². The maximum Gasteiger partial charge on any atom is 0.328 e. The lowest BCUT2D eigenvalue weighted by molar-refractivity contribution is 0.111. The first-order chi connectivity index (χ1) is 18.4. The fraction of sp³-hybridized carbons (Fsp3) is 0.500. The van der Waals surface area contributed by atoms with Crippen molar-refractivity contribution in [2.24, 2.45) is 11.3 Å². The minimum absolute atomic E-state index is 0.115. The Kier molecular flexibility index (Phi) is 7.58. The topological polar surface area (TPSA) is 94.3 Å². The van der Waals surface area contributed by atoms with Crippen LogP contribution in [0.1, 0.15) is 83.5 Å². The Balaban J connectivity index is 1.45. The highest BCUT2D eigenvalue weighted by molar-refractivity contribution is 5.78. The molecule has 200 valence electrons. The molecule has 0 amide bonds. The van der Waals surface area contributed by atoms with E-state index in [2.05, 4.69) is 65.1 Å². The molecule has 1 aromatic carbocycles. The average molecular weight is 514 g/mol. The maximum absolute atomic E-state index is 13.9. The molecule has 1 fully saturated rings. The highest BCUT2D eigenvalue weighted by Gasteiger charge is 2.36. The summed E-state index contributed by atoms with van der Waals surface area (Å²) in [4.78, 5) is 18.6.